The Kier molecular flexibility index (Phi) is 3.50. The molecule has 3 heteroatoms. The second-order valence-corrected chi connectivity index (χ2v) is 3.54. The smallest absolute Gasteiger partial charge is 0.216 e. The molecule has 1 heterocycles. The van der Waals surface area contributed by atoms with Crippen LogP contribution in [0.4, 0.5) is 0 Å². The first-order valence-electron chi connectivity index (χ1n) is 5.43. The highest BCUT2D eigenvalue weighted by molar-refractivity contribution is 5.59. The van der Waals surface area contributed by atoms with Gasteiger partial charge in [-0.25, -0.2) is 4.98 Å². The lowest BCUT2D eigenvalue weighted by atomic mass is 10.1. The summed E-state index contributed by atoms with van der Waals surface area (Å²) in [6.07, 6.45) is 5.76. The number of ether oxygens (including phenoxy) is 1. The highest BCUT2D eigenvalue weighted by atomic mass is 16.5. The Bertz CT molecular complexity index is 518. The molecule has 0 saturated carbocycles. The summed E-state index contributed by atoms with van der Waals surface area (Å²) in [5, 5.41) is 0. The van der Waals surface area contributed by atoms with Crippen molar-refractivity contribution in [3.05, 3.63) is 48.2 Å². The molecular weight excluding hydrogens is 212 g/mol. The van der Waals surface area contributed by atoms with Crippen molar-refractivity contribution in [3.8, 4) is 17.3 Å². The summed E-state index contributed by atoms with van der Waals surface area (Å²) >= 11 is 0. The van der Waals surface area contributed by atoms with E-state index in [2.05, 4.69) is 16.0 Å². The molecule has 2 aromatic rings. The van der Waals surface area contributed by atoms with E-state index in [9.17, 15) is 0 Å². The van der Waals surface area contributed by atoms with Gasteiger partial charge in [-0.05, 0) is 12.5 Å². The molecule has 2 rings (SSSR count). The number of aromatic nitrogens is 2. The zero-order chi connectivity index (χ0) is 12.1. The molecule has 0 spiro atoms. The minimum atomic E-state index is 0.576. The lowest BCUT2D eigenvalue weighted by molar-refractivity contribution is 0.397. The molecular formula is C14H14N2O. The van der Waals surface area contributed by atoms with E-state index in [4.69, 9.17) is 4.74 Å². The van der Waals surface area contributed by atoms with Crippen LogP contribution in [0.15, 0.2) is 42.6 Å². The predicted molar refractivity (Wildman–Crippen MR) is 68.7 cm³/mol. The third-order valence-corrected chi connectivity index (χ3v) is 2.37. The van der Waals surface area contributed by atoms with Crippen molar-refractivity contribution in [3.63, 3.8) is 0 Å². The number of hydrogen-bond donors (Lipinski definition) is 0. The summed E-state index contributed by atoms with van der Waals surface area (Å²) in [5.74, 6) is 1.25. The molecule has 0 aliphatic carbocycles. The number of benzene rings is 1. The monoisotopic (exact) mass is 226 g/mol. The molecule has 0 amide bonds. The van der Waals surface area contributed by atoms with E-state index in [0.717, 1.165) is 5.56 Å². The molecule has 0 atom stereocenters. The molecule has 3 nitrogen and oxygen atoms in total. The fourth-order valence-electron chi connectivity index (χ4n) is 1.53. The van der Waals surface area contributed by atoms with Crippen LogP contribution < -0.4 is 4.74 Å². The standard InChI is InChI=1S/C14H14N2O/c1-3-4-11-5-7-12(8-6-11)14-15-10-9-13(16-14)17-2/h3-10H,1-2H3/b4-3+. The van der Waals surface area contributed by atoms with Crippen LogP contribution in [0.25, 0.3) is 17.5 Å². The minimum Gasteiger partial charge on any atom is -0.481 e. The van der Waals surface area contributed by atoms with Crippen LogP contribution in [0.3, 0.4) is 0 Å². The quantitative estimate of drug-likeness (QED) is 0.806. The van der Waals surface area contributed by atoms with Gasteiger partial charge in [0.2, 0.25) is 5.88 Å². The molecule has 0 saturated heterocycles. The summed E-state index contributed by atoms with van der Waals surface area (Å²) in [6, 6.07) is 9.82. The fraction of sp³-hybridized carbons (Fsp3) is 0.143. The van der Waals surface area contributed by atoms with Crippen molar-refractivity contribution in [2.75, 3.05) is 7.11 Å². The molecule has 0 unspecified atom stereocenters. The topological polar surface area (TPSA) is 35.0 Å². The first-order valence-corrected chi connectivity index (χ1v) is 5.43. The van der Waals surface area contributed by atoms with Gasteiger partial charge in [0.05, 0.1) is 7.11 Å². The zero-order valence-electron chi connectivity index (χ0n) is 9.92. The Morgan fingerprint density at radius 3 is 2.53 bits per heavy atom. The molecule has 1 aromatic heterocycles. The van der Waals surface area contributed by atoms with Gasteiger partial charge >= 0.3 is 0 Å². The van der Waals surface area contributed by atoms with E-state index >= 15 is 0 Å². The SMILES string of the molecule is C/C=C/c1ccc(-c2nccc(OC)n2)cc1. The van der Waals surface area contributed by atoms with Gasteiger partial charge in [0.1, 0.15) is 0 Å². The highest BCUT2D eigenvalue weighted by Gasteiger charge is 2.02. The molecule has 17 heavy (non-hydrogen) atoms. The summed E-state index contributed by atoms with van der Waals surface area (Å²) in [4.78, 5) is 8.51. The number of methoxy groups -OCH3 is 1. The summed E-state index contributed by atoms with van der Waals surface area (Å²) in [7, 11) is 1.60. The van der Waals surface area contributed by atoms with E-state index in [1.807, 2.05) is 37.3 Å². The van der Waals surface area contributed by atoms with Crippen molar-refractivity contribution < 1.29 is 4.74 Å². The second kappa shape index (κ2) is 5.25. The minimum absolute atomic E-state index is 0.576. The van der Waals surface area contributed by atoms with Crippen molar-refractivity contribution in [2.45, 2.75) is 6.92 Å². The average Bonchev–Trinajstić information content (AvgIpc) is 2.40. The van der Waals surface area contributed by atoms with Gasteiger partial charge in [-0.3, -0.25) is 0 Å². The fourth-order valence-corrected chi connectivity index (χ4v) is 1.53. The lowest BCUT2D eigenvalue weighted by Crippen LogP contribution is -1.92. The van der Waals surface area contributed by atoms with E-state index in [1.165, 1.54) is 5.56 Å². The Hall–Kier alpha value is -2.16. The molecule has 86 valence electrons. The number of rotatable bonds is 3. The summed E-state index contributed by atoms with van der Waals surface area (Å²) < 4.78 is 5.08. The van der Waals surface area contributed by atoms with Gasteiger partial charge in [0.25, 0.3) is 0 Å². The highest BCUT2D eigenvalue weighted by Crippen LogP contribution is 2.18. The normalized spacial score (nSPS) is 10.7. The average molecular weight is 226 g/mol. The first kappa shape index (κ1) is 11.3. The molecule has 0 fully saturated rings. The van der Waals surface area contributed by atoms with Crippen molar-refractivity contribution in [2.24, 2.45) is 0 Å². The third kappa shape index (κ3) is 2.69. The van der Waals surface area contributed by atoms with E-state index in [0.29, 0.717) is 11.7 Å². The van der Waals surface area contributed by atoms with Crippen LogP contribution in [0.2, 0.25) is 0 Å². The van der Waals surface area contributed by atoms with Crippen LogP contribution in [0.5, 0.6) is 5.88 Å². The third-order valence-electron chi connectivity index (χ3n) is 2.37. The van der Waals surface area contributed by atoms with Crippen LogP contribution in [0.1, 0.15) is 12.5 Å². The number of nitrogens with zero attached hydrogens (tertiary/aromatic N) is 2. The Balaban J connectivity index is 2.32. The molecule has 0 aliphatic heterocycles. The maximum Gasteiger partial charge on any atom is 0.216 e. The maximum atomic E-state index is 5.08. The van der Waals surface area contributed by atoms with E-state index in [-0.39, 0.29) is 0 Å². The van der Waals surface area contributed by atoms with Gasteiger partial charge in [-0.15, -0.1) is 0 Å². The molecule has 1 aromatic carbocycles. The zero-order valence-corrected chi connectivity index (χ0v) is 9.92. The van der Waals surface area contributed by atoms with Crippen LogP contribution in [-0.2, 0) is 0 Å². The Labute approximate surface area is 101 Å². The molecule has 0 aliphatic rings. The van der Waals surface area contributed by atoms with Crippen molar-refractivity contribution >= 4 is 6.08 Å². The van der Waals surface area contributed by atoms with E-state index < -0.39 is 0 Å². The largest absolute Gasteiger partial charge is 0.481 e. The van der Waals surface area contributed by atoms with Gasteiger partial charge < -0.3 is 4.74 Å². The summed E-state index contributed by atoms with van der Waals surface area (Å²) in [6.45, 7) is 2.00. The second-order valence-electron chi connectivity index (χ2n) is 3.54. The maximum absolute atomic E-state index is 5.08. The van der Waals surface area contributed by atoms with Crippen molar-refractivity contribution in [1.29, 1.82) is 0 Å². The van der Waals surface area contributed by atoms with Crippen molar-refractivity contribution in [1.82, 2.24) is 9.97 Å². The van der Waals surface area contributed by atoms with Gasteiger partial charge in [-0.2, -0.15) is 4.98 Å². The van der Waals surface area contributed by atoms with Crippen LogP contribution >= 0.6 is 0 Å². The van der Waals surface area contributed by atoms with Crippen LogP contribution in [0, 0.1) is 0 Å². The van der Waals surface area contributed by atoms with Crippen LogP contribution in [-0.4, -0.2) is 17.1 Å². The molecule has 0 bridgehead atoms. The Morgan fingerprint density at radius 1 is 1.12 bits per heavy atom. The lowest BCUT2D eigenvalue weighted by Gasteiger charge is -2.02. The summed E-state index contributed by atoms with van der Waals surface area (Å²) in [5.41, 5.74) is 2.15. The Morgan fingerprint density at radius 2 is 1.88 bits per heavy atom. The van der Waals surface area contributed by atoms with E-state index in [1.54, 1.807) is 19.4 Å². The first-order chi connectivity index (χ1) is 8.33. The van der Waals surface area contributed by atoms with Gasteiger partial charge in [0, 0.05) is 17.8 Å². The van der Waals surface area contributed by atoms with Gasteiger partial charge in [-0.1, -0.05) is 36.4 Å². The van der Waals surface area contributed by atoms with Gasteiger partial charge in [0.15, 0.2) is 5.82 Å². The molecule has 0 radical (unpaired) electrons. The molecule has 0 N–H and O–H groups in total. The predicted octanol–water partition coefficient (Wildman–Crippen LogP) is 3.19. The number of allylic oxidation sites excluding steroid dienone is 1. The number of hydrogen-bond acceptors (Lipinski definition) is 3.